The number of hydrogen-bond donors (Lipinski definition) is 2. The van der Waals surface area contributed by atoms with Crippen LogP contribution in [0, 0.1) is 0 Å². The van der Waals surface area contributed by atoms with Crippen molar-refractivity contribution < 1.29 is 14.7 Å². The molecule has 4 nitrogen and oxygen atoms in total. The monoisotopic (exact) mass is 325 g/mol. The molecule has 126 valence electrons. The quantitative estimate of drug-likeness (QED) is 0.763. The molecule has 4 heteroatoms. The fourth-order valence-electron chi connectivity index (χ4n) is 2.66. The SMILES string of the molecule is CCC(CC(=O)Nc1ccc(CCC(=O)O)cc1)c1ccccc1. The predicted molar refractivity (Wildman–Crippen MR) is 95.1 cm³/mol. The number of nitrogens with one attached hydrogen (secondary N) is 1. The molecule has 0 aliphatic carbocycles. The molecule has 0 heterocycles. The van der Waals surface area contributed by atoms with Crippen molar-refractivity contribution >= 4 is 17.6 Å². The topological polar surface area (TPSA) is 66.4 Å². The summed E-state index contributed by atoms with van der Waals surface area (Å²) in [6, 6.07) is 17.4. The van der Waals surface area contributed by atoms with Gasteiger partial charge in [-0.3, -0.25) is 9.59 Å². The summed E-state index contributed by atoms with van der Waals surface area (Å²) in [5.74, 6) is -0.607. The molecule has 0 aromatic heterocycles. The van der Waals surface area contributed by atoms with Gasteiger partial charge < -0.3 is 10.4 Å². The molecule has 0 fully saturated rings. The zero-order valence-corrected chi connectivity index (χ0v) is 13.9. The lowest BCUT2D eigenvalue weighted by atomic mass is 9.93. The average Bonchev–Trinajstić information content (AvgIpc) is 2.59. The summed E-state index contributed by atoms with van der Waals surface area (Å²) in [6.45, 7) is 2.09. The highest BCUT2D eigenvalue weighted by Gasteiger charge is 2.14. The zero-order valence-electron chi connectivity index (χ0n) is 13.9. The zero-order chi connectivity index (χ0) is 17.4. The van der Waals surface area contributed by atoms with E-state index in [2.05, 4.69) is 24.4 Å². The van der Waals surface area contributed by atoms with Crippen molar-refractivity contribution in [3.63, 3.8) is 0 Å². The molecule has 2 rings (SSSR count). The largest absolute Gasteiger partial charge is 0.481 e. The molecule has 0 spiro atoms. The van der Waals surface area contributed by atoms with Crippen LogP contribution < -0.4 is 5.32 Å². The Balaban J connectivity index is 1.90. The van der Waals surface area contributed by atoms with Gasteiger partial charge in [-0.25, -0.2) is 0 Å². The summed E-state index contributed by atoms with van der Waals surface area (Å²) in [5, 5.41) is 11.6. The Morgan fingerprint density at radius 2 is 1.71 bits per heavy atom. The average molecular weight is 325 g/mol. The third-order valence-corrected chi connectivity index (χ3v) is 4.06. The Hall–Kier alpha value is -2.62. The second-order valence-electron chi connectivity index (χ2n) is 5.86. The molecule has 2 aromatic rings. The number of carboxylic acid groups (broad SMARTS) is 1. The summed E-state index contributed by atoms with van der Waals surface area (Å²) in [6.07, 6.45) is 1.96. The summed E-state index contributed by atoms with van der Waals surface area (Å²) < 4.78 is 0. The van der Waals surface area contributed by atoms with Crippen LogP contribution in [-0.2, 0) is 16.0 Å². The van der Waals surface area contributed by atoms with E-state index < -0.39 is 5.97 Å². The standard InChI is InChI=1S/C20H23NO3/c1-2-16(17-6-4-3-5-7-17)14-19(22)21-18-11-8-15(9-12-18)10-13-20(23)24/h3-9,11-12,16H,2,10,13-14H2,1H3,(H,21,22)(H,23,24). The van der Waals surface area contributed by atoms with Crippen LogP contribution in [0.25, 0.3) is 0 Å². The lowest BCUT2D eigenvalue weighted by Crippen LogP contribution is -2.15. The second kappa shape index (κ2) is 8.87. The van der Waals surface area contributed by atoms with Crippen molar-refractivity contribution in [1.29, 1.82) is 0 Å². The Morgan fingerprint density at radius 1 is 1.04 bits per heavy atom. The van der Waals surface area contributed by atoms with Gasteiger partial charge in [-0.2, -0.15) is 0 Å². The van der Waals surface area contributed by atoms with Gasteiger partial charge in [0.05, 0.1) is 0 Å². The maximum atomic E-state index is 12.3. The van der Waals surface area contributed by atoms with Crippen molar-refractivity contribution in [2.45, 2.75) is 38.5 Å². The minimum Gasteiger partial charge on any atom is -0.481 e. The van der Waals surface area contributed by atoms with Crippen LogP contribution in [0.3, 0.4) is 0 Å². The van der Waals surface area contributed by atoms with Crippen LogP contribution >= 0.6 is 0 Å². The first kappa shape index (κ1) is 17.7. The Morgan fingerprint density at radius 3 is 2.29 bits per heavy atom. The smallest absolute Gasteiger partial charge is 0.303 e. The molecular weight excluding hydrogens is 302 g/mol. The van der Waals surface area contributed by atoms with Gasteiger partial charge in [0.2, 0.25) is 5.91 Å². The molecule has 0 aliphatic rings. The van der Waals surface area contributed by atoms with E-state index in [1.54, 1.807) is 0 Å². The summed E-state index contributed by atoms with van der Waals surface area (Å²) >= 11 is 0. The van der Waals surface area contributed by atoms with E-state index in [0.29, 0.717) is 12.8 Å². The van der Waals surface area contributed by atoms with Crippen molar-refractivity contribution in [2.24, 2.45) is 0 Å². The van der Waals surface area contributed by atoms with Gasteiger partial charge >= 0.3 is 5.97 Å². The molecule has 0 bridgehead atoms. The molecule has 0 saturated heterocycles. The van der Waals surface area contributed by atoms with Crippen molar-refractivity contribution in [1.82, 2.24) is 0 Å². The van der Waals surface area contributed by atoms with Crippen LogP contribution in [-0.4, -0.2) is 17.0 Å². The van der Waals surface area contributed by atoms with Crippen molar-refractivity contribution in [3.05, 3.63) is 65.7 Å². The highest BCUT2D eigenvalue weighted by Crippen LogP contribution is 2.23. The number of amides is 1. The number of rotatable bonds is 8. The molecule has 0 aliphatic heterocycles. The predicted octanol–water partition coefficient (Wildman–Crippen LogP) is 4.23. The van der Waals surface area contributed by atoms with Gasteiger partial charge in [0.15, 0.2) is 0 Å². The maximum absolute atomic E-state index is 12.3. The molecule has 2 aromatic carbocycles. The fraction of sp³-hybridized carbons (Fsp3) is 0.300. The van der Waals surface area contributed by atoms with E-state index in [0.717, 1.165) is 17.7 Å². The van der Waals surface area contributed by atoms with Crippen LogP contribution in [0.15, 0.2) is 54.6 Å². The van der Waals surface area contributed by atoms with Gasteiger partial charge in [-0.15, -0.1) is 0 Å². The van der Waals surface area contributed by atoms with Crippen LogP contribution in [0.1, 0.15) is 43.2 Å². The van der Waals surface area contributed by atoms with E-state index in [9.17, 15) is 9.59 Å². The Kier molecular flexibility index (Phi) is 6.55. The van der Waals surface area contributed by atoms with Gasteiger partial charge in [0.25, 0.3) is 0 Å². The van der Waals surface area contributed by atoms with Gasteiger partial charge in [-0.1, -0.05) is 49.4 Å². The number of hydrogen-bond acceptors (Lipinski definition) is 2. The number of aryl methyl sites for hydroxylation is 1. The molecule has 0 saturated carbocycles. The van der Waals surface area contributed by atoms with Gasteiger partial charge in [-0.05, 0) is 42.0 Å². The normalized spacial score (nSPS) is 11.7. The van der Waals surface area contributed by atoms with E-state index in [1.807, 2.05) is 42.5 Å². The fourth-order valence-corrected chi connectivity index (χ4v) is 2.66. The third kappa shape index (κ3) is 5.54. The van der Waals surface area contributed by atoms with E-state index in [-0.39, 0.29) is 18.2 Å². The highest BCUT2D eigenvalue weighted by molar-refractivity contribution is 5.91. The van der Waals surface area contributed by atoms with E-state index >= 15 is 0 Å². The summed E-state index contributed by atoms with van der Waals surface area (Å²) in [7, 11) is 0. The molecule has 24 heavy (non-hydrogen) atoms. The first-order valence-corrected chi connectivity index (χ1v) is 8.24. The lowest BCUT2D eigenvalue weighted by Gasteiger charge is -2.15. The minimum atomic E-state index is -0.807. The second-order valence-corrected chi connectivity index (χ2v) is 5.86. The summed E-state index contributed by atoms with van der Waals surface area (Å²) in [5.41, 5.74) is 2.87. The first-order chi connectivity index (χ1) is 11.6. The maximum Gasteiger partial charge on any atom is 0.303 e. The number of carbonyl (C=O) groups is 2. The van der Waals surface area contributed by atoms with E-state index in [4.69, 9.17) is 5.11 Å². The molecule has 1 amide bonds. The minimum absolute atomic E-state index is 0.0102. The Labute approximate surface area is 142 Å². The van der Waals surface area contributed by atoms with Crippen LogP contribution in [0.5, 0.6) is 0 Å². The van der Waals surface area contributed by atoms with Crippen molar-refractivity contribution in [2.75, 3.05) is 5.32 Å². The molecular formula is C20H23NO3. The molecule has 1 atom stereocenters. The molecule has 0 radical (unpaired) electrons. The number of benzene rings is 2. The molecule has 2 N–H and O–H groups in total. The Bertz CT molecular complexity index is 665. The lowest BCUT2D eigenvalue weighted by molar-refractivity contribution is -0.137. The first-order valence-electron chi connectivity index (χ1n) is 8.24. The van der Waals surface area contributed by atoms with Crippen LogP contribution in [0.4, 0.5) is 5.69 Å². The third-order valence-electron chi connectivity index (χ3n) is 4.06. The number of carbonyl (C=O) groups excluding carboxylic acids is 1. The summed E-state index contributed by atoms with van der Waals surface area (Å²) in [4.78, 5) is 22.8. The van der Waals surface area contributed by atoms with E-state index in [1.165, 1.54) is 5.56 Å². The van der Waals surface area contributed by atoms with Gasteiger partial charge in [0.1, 0.15) is 0 Å². The number of aliphatic carboxylic acids is 1. The van der Waals surface area contributed by atoms with Crippen molar-refractivity contribution in [3.8, 4) is 0 Å². The van der Waals surface area contributed by atoms with Crippen LogP contribution in [0.2, 0.25) is 0 Å². The van der Waals surface area contributed by atoms with Gasteiger partial charge in [0, 0.05) is 18.5 Å². The number of anilines is 1. The number of carboxylic acids is 1. The molecule has 1 unspecified atom stereocenters. The highest BCUT2D eigenvalue weighted by atomic mass is 16.4.